The summed E-state index contributed by atoms with van der Waals surface area (Å²) in [7, 11) is 2.06. The molecule has 0 unspecified atom stereocenters. The largest absolute Gasteiger partial charge is 0.492 e. The second-order valence-electron chi connectivity index (χ2n) is 5.41. The van der Waals surface area contributed by atoms with E-state index in [1.54, 1.807) is 11.8 Å². The van der Waals surface area contributed by atoms with Crippen LogP contribution in [0.15, 0.2) is 47.6 Å². The number of imidazole rings is 1. The fraction of sp³-hybridized carbons (Fsp3) is 0.278. The predicted molar refractivity (Wildman–Crippen MR) is 92.8 cm³/mol. The molecule has 0 radical (unpaired) electrons. The number of ether oxygens (including phenoxy) is 1. The standard InChI is InChI=1S/C18H20N2OS/c1-13-8-9-14(2)17(12-13)21-10-11-22-18-19-15-6-4-5-7-16(15)20(18)3/h4-9,12H,10-11H2,1-3H3. The molecule has 0 saturated carbocycles. The third kappa shape index (κ3) is 3.12. The van der Waals surface area contributed by atoms with Crippen molar-refractivity contribution in [3.05, 3.63) is 53.6 Å². The number of thioether (sulfide) groups is 1. The Kier molecular flexibility index (Phi) is 4.39. The molecule has 1 aromatic heterocycles. The van der Waals surface area contributed by atoms with E-state index in [1.165, 1.54) is 16.6 Å². The molecule has 3 nitrogen and oxygen atoms in total. The Morgan fingerprint density at radius 2 is 1.95 bits per heavy atom. The quantitative estimate of drug-likeness (QED) is 0.517. The molecule has 114 valence electrons. The van der Waals surface area contributed by atoms with E-state index in [4.69, 9.17) is 4.74 Å². The maximum Gasteiger partial charge on any atom is 0.168 e. The van der Waals surface area contributed by atoms with Crippen molar-refractivity contribution >= 4 is 22.8 Å². The summed E-state index contributed by atoms with van der Waals surface area (Å²) in [4.78, 5) is 4.66. The van der Waals surface area contributed by atoms with Crippen molar-refractivity contribution in [2.45, 2.75) is 19.0 Å². The topological polar surface area (TPSA) is 27.1 Å². The van der Waals surface area contributed by atoms with Crippen LogP contribution in [0.2, 0.25) is 0 Å². The van der Waals surface area contributed by atoms with Crippen LogP contribution in [0.3, 0.4) is 0 Å². The summed E-state index contributed by atoms with van der Waals surface area (Å²) >= 11 is 1.73. The van der Waals surface area contributed by atoms with Gasteiger partial charge >= 0.3 is 0 Å². The molecule has 4 heteroatoms. The van der Waals surface area contributed by atoms with Gasteiger partial charge in [-0.25, -0.2) is 4.98 Å². The van der Waals surface area contributed by atoms with E-state index in [1.807, 2.05) is 18.2 Å². The third-order valence-corrected chi connectivity index (χ3v) is 4.66. The summed E-state index contributed by atoms with van der Waals surface area (Å²) in [6.07, 6.45) is 0. The Labute approximate surface area is 135 Å². The van der Waals surface area contributed by atoms with Crippen LogP contribution in [0.1, 0.15) is 11.1 Å². The van der Waals surface area contributed by atoms with Gasteiger partial charge in [0.15, 0.2) is 5.16 Å². The maximum absolute atomic E-state index is 5.90. The minimum Gasteiger partial charge on any atom is -0.492 e. The summed E-state index contributed by atoms with van der Waals surface area (Å²) in [6, 6.07) is 14.5. The van der Waals surface area contributed by atoms with Crippen LogP contribution in [0.25, 0.3) is 11.0 Å². The Bertz CT molecular complexity index is 795. The number of rotatable bonds is 5. The number of benzene rings is 2. The second-order valence-corrected chi connectivity index (χ2v) is 6.47. The second kappa shape index (κ2) is 6.44. The number of aromatic nitrogens is 2. The zero-order valence-corrected chi connectivity index (χ0v) is 14.0. The highest BCUT2D eigenvalue weighted by Crippen LogP contribution is 2.23. The lowest BCUT2D eigenvalue weighted by Crippen LogP contribution is -2.03. The van der Waals surface area contributed by atoms with E-state index in [-0.39, 0.29) is 0 Å². The molecule has 3 rings (SSSR count). The van der Waals surface area contributed by atoms with Crippen LogP contribution in [-0.4, -0.2) is 21.9 Å². The first-order valence-corrected chi connectivity index (χ1v) is 8.38. The average molecular weight is 312 g/mol. The molecule has 0 saturated heterocycles. The Balaban J connectivity index is 1.60. The normalized spacial score (nSPS) is 11.0. The third-order valence-electron chi connectivity index (χ3n) is 3.66. The molecule has 0 bridgehead atoms. The van der Waals surface area contributed by atoms with Gasteiger partial charge in [0, 0.05) is 12.8 Å². The molecule has 0 amide bonds. The zero-order chi connectivity index (χ0) is 15.5. The lowest BCUT2D eigenvalue weighted by Gasteiger charge is -2.09. The molecule has 1 heterocycles. The van der Waals surface area contributed by atoms with Crippen molar-refractivity contribution in [3.8, 4) is 5.75 Å². The van der Waals surface area contributed by atoms with E-state index in [0.717, 1.165) is 22.2 Å². The van der Waals surface area contributed by atoms with E-state index < -0.39 is 0 Å². The number of fused-ring (bicyclic) bond motifs is 1. The van der Waals surface area contributed by atoms with E-state index in [2.05, 4.69) is 54.7 Å². The van der Waals surface area contributed by atoms with E-state index >= 15 is 0 Å². The molecule has 0 aliphatic rings. The molecular formula is C18H20N2OS. The van der Waals surface area contributed by atoms with Crippen LogP contribution in [0, 0.1) is 13.8 Å². The SMILES string of the molecule is Cc1ccc(C)c(OCCSc2nc3ccccc3n2C)c1. The number of para-hydroxylation sites is 2. The van der Waals surface area contributed by atoms with Gasteiger partial charge in [0.2, 0.25) is 0 Å². The lowest BCUT2D eigenvalue weighted by molar-refractivity contribution is 0.341. The molecular weight excluding hydrogens is 292 g/mol. The zero-order valence-electron chi connectivity index (χ0n) is 13.2. The summed E-state index contributed by atoms with van der Waals surface area (Å²) in [5.74, 6) is 1.86. The fourth-order valence-corrected chi connectivity index (χ4v) is 3.20. The van der Waals surface area contributed by atoms with Crippen molar-refractivity contribution in [1.82, 2.24) is 9.55 Å². The van der Waals surface area contributed by atoms with Gasteiger partial charge in [-0.1, -0.05) is 36.0 Å². The van der Waals surface area contributed by atoms with Crippen LogP contribution < -0.4 is 4.74 Å². The van der Waals surface area contributed by atoms with Crippen LogP contribution in [0.5, 0.6) is 5.75 Å². The van der Waals surface area contributed by atoms with Gasteiger partial charge in [0.1, 0.15) is 5.75 Å². The summed E-state index contributed by atoms with van der Waals surface area (Å²) in [5.41, 5.74) is 4.62. The lowest BCUT2D eigenvalue weighted by atomic mass is 10.1. The minimum atomic E-state index is 0.679. The van der Waals surface area contributed by atoms with Crippen LogP contribution in [-0.2, 0) is 7.05 Å². The van der Waals surface area contributed by atoms with E-state index in [9.17, 15) is 0 Å². The number of aryl methyl sites for hydroxylation is 3. The molecule has 0 atom stereocenters. The van der Waals surface area contributed by atoms with Gasteiger partial charge in [-0.15, -0.1) is 0 Å². The van der Waals surface area contributed by atoms with Gasteiger partial charge in [0.05, 0.1) is 17.6 Å². The number of nitrogens with zero attached hydrogens (tertiary/aromatic N) is 2. The molecule has 0 N–H and O–H groups in total. The Morgan fingerprint density at radius 3 is 2.77 bits per heavy atom. The Hall–Kier alpha value is -1.94. The summed E-state index contributed by atoms with van der Waals surface area (Å²) in [6.45, 7) is 4.84. The molecule has 3 aromatic rings. The average Bonchev–Trinajstić information content (AvgIpc) is 2.84. The first-order chi connectivity index (χ1) is 10.6. The first-order valence-electron chi connectivity index (χ1n) is 7.39. The van der Waals surface area contributed by atoms with Gasteiger partial charge < -0.3 is 9.30 Å². The molecule has 0 aliphatic carbocycles. The van der Waals surface area contributed by atoms with Crippen LogP contribution in [0.4, 0.5) is 0 Å². The highest BCUT2D eigenvalue weighted by atomic mass is 32.2. The highest BCUT2D eigenvalue weighted by molar-refractivity contribution is 7.99. The van der Waals surface area contributed by atoms with Crippen LogP contribution >= 0.6 is 11.8 Å². The molecule has 0 fully saturated rings. The molecule has 0 aliphatic heterocycles. The summed E-state index contributed by atoms with van der Waals surface area (Å²) < 4.78 is 8.03. The molecule has 2 aromatic carbocycles. The molecule has 0 spiro atoms. The number of hydrogen-bond acceptors (Lipinski definition) is 3. The van der Waals surface area contributed by atoms with Gasteiger partial charge in [0.25, 0.3) is 0 Å². The van der Waals surface area contributed by atoms with Gasteiger partial charge in [-0.2, -0.15) is 0 Å². The van der Waals surface area contributed by atoms with Crippen molar-refractivity contribution in [1.29, 1.82) is 0 Å². The maximum atomic E-state index is 5.90. The van der Waals surface area contributed by atoms with Crippen molar-refractivity contribution in [2.24, 2.45) is 7.05 Å². The van der Waals surface area contributed by atoms with Crippen molar-refractivity contribution in [2.75, 3.05) is 12.4 Å². The van der Waals surface area contributed by atoms with Gasteiger partial charge in [-0.05, 0) is 43.2 Å². The minimum absolute atomic E-state index is 0.679. The van der Waals surface area contributed by atoms with Crippen molar-refractivity contribution in [3.63, 3.8) is 0 Å². The van der Waals surface area contributed by atoms with Crippen molar-refractivity contribution < 1.29 is 4.74 Å². The molecule has 22 heavy (non-hydrogen) atoms. The smallest absolute Gasteiger partial charge is 0.168 e. The Morgan fingerprint density at radius 1 is 1.14 bits per heavy atom. The number of hydrogen-bond donors (Lipinski definition) is 0. The fourth-order valence-electron chi connectivity index (χ4n) is 2.40. The highest BCUT2D eigenvalue weighted by Gasteiger charge is 2.07. The van der Waals surface area contributed by atoms with Gasteiger partial charge in [-0.3, -0.25) is 0 Å². The monoisotopic (exact) mass is 312 g/mol. The first kappa shape index (κ1) is 15.0. The summed E-state index contributed by atoms with van der Waals surface area (Å²) in [5, 5.41) is 1.03. The predicted octanol–water partition coefficient (Wildman–Crippen LogP) is 4.36. The van der Waals surface area contributed by atoms with E-state index in [0.29, 0.717) is 6.61 Å².